The van der Waals surface area contributed by atoms with E-state index in [-0.39, 0.29) is 5.75 Å². The van der Waals surface area contributed by atoms with Gasteiger partial charge in [-0.1, -0.05) is 30.4 Å². The molecule has 3 rings (SSSR count). The highest BCUT2D eigenvalue weighted by Gasteiger charge is 2.01. The van der Waals surface area contributed by atoms with Crippen molar-refractivity contribution in [3.05, 3.63) is 78.2 Å². The smallest absolute Gasteiger partial charge is 0.129 e. The molecule has 2 aromatic rings. The first-order valence-corrected chi connectivity index (χ1v) is 8.94. The molecule has 0 amide bonds. The Bertz CT molecular complexity index is 839. The van der Waals surface area contributed by atoms with Gasteiger partial charge >= 0.3 is 0 Å². The Balaban J connectivity index is 1.67. The number of hydrogen-bond acceptors (Lipinski definition) is 5. The molecule has 0 bridgehead atoms. The number of rotatable bonds is 4. The second-order valence-electron chi connectivity index (χ2n) is 6.17. The first-order chi connectivity index (χ1) is 13.2. The van der Waals surface area contributed by atoms with E-state index >= 15 is 0 Å². The summed E-state index contributed by atoms with van der Waals surface area (Å²) in [6.07, 6.45) is 9.83. The number of hydrogen-bond donors (Lipinski definition) is 2. The molecule has 0 aliphatic carbocycles. The molecule has 1 aliphatic heterocycles. The minimum absolute atomic E-state index is 0.245. The Kier molecular flexibility index (Phi) is 6.79. The van der Waals surface area contributed by atoms with Crippen LogP contribution in [0.25, 0.3) is 11.1 Å². The third-order valence-corrected chi connectivity index (χ3v) is 4.14. The van der Waals surface area contributed by atoms with Crippen molar-refractivity contribution in [3.8, 4) is 16.9 Å². The van der Waals surface area contributed by atoms with Crippen LogP contribution in [0.2, 0.25) is 0 Å². The van der Waals surface area contributed by atoms with E-state index in [1.165, 1.54) is 0 Å². The highest BCUT2D eigenvalue weighted by Crippen LogP contribution is 2.23. The quantitative estimate of drug-likeness (QED) is 0.847. The fraction of sp³-hybridized carbons (Fsp3) is 0.227. The summed E-state index contributed by atoms with van der Waals surface area (Å²) in [6.45, 7) is 4.41. The lowest BCUT2D eigenvalue weighted by Gasteiger charge is -2.09. The second kappa shape index (κ2) is 9.71. The molecule has 0 saturated heterocycles. The topological polar surface area (TPSA) is 63.6 Å². The van der Waals surface area contributed by atoms with Crippen molar-refractivity contribution < 1.29 is 14.6 Å². The average Bonchev–Trinajstić information content (AvgIpc) is 2.70. The fourth-order valence-electron chi connectivity index (χ4n) is 2.64. The Morgan fingerprint density at radius 3 is 2.74 bits per heavy atom. The minimum atomic E-state index is 0.245. The molecule has 1 aromatic heterocycles. The summed E-state index contributed by atoms with van der Waals surface area (Å²) in [5, 5.41) is 12.8. The van der Waals surface area contributed by atoms with Gasteiger partial charge in [0.25, 0.3) is 0 Å². The van der Waals surface area contributed by atoms with E-state index in [1.54, 1.807) is 18.3 Å². The molecule has 27 heavy (non-hydrogen) atoms. The van der Waals surface area contributed by atoms with Crippen LogP contribution in [0.3, 0.4) is 0 Å². The van der Waals surface area contributed by atoms with Crippen LogP contribution in [-0.2, 0) is 9.47 Å². The molecule has 2 N–H and O–H groups in total. The zero-order chi connectivity index (χ0) is 18.9. The highest BCUT2D eigenvalue weighted by molar-refractivity contribution is 5.65. The molecule has 0 fully saturated rings. The summed E-state index contributed by atoms with van der Waals surface area (Å²) >= 11 is 0. The van der Waals surface area contributed by atoms with Crippen LogP contribution >= 0.6 is 0 Å². The number of ether oxygens (including phenoxy) is 2. The van der Waals surface area contributed by atoms with E-state index in [0.29, 0.717) is 26.4 Å². The molecule has 2 heterocycles. The summed E-state index contributed by atoms with van der Waals surface area (Å²) in [7, 11) is 0. The van der Waals surface area contributed by atoms with Gasteiger partial charge in [-0.2, -0.15) is 0 Å². The molecule has 0 unspecified atom stereocenters. The molecule has 0 radical (unpaired) electrons. The predicted octanol–water partition coefficient (Wildman–Crippen LogP) is 4.30. The second-order valence-corrected chi connectivity index (χ2v) is 6.17. The van der Waals surface area contributed by atoms with Gasteiger partial charge in [0.15, 0.2) is 0 Å². The van der Waals surface area contributed by atoms with Gasteiger partial charge in [0.1, 0.15) is 11.6 Å². The zero-order valence-corrected chi connectivity index (χ0v) is 15.4. The number of aromatic nitrogens is 1. The number of aromatic hydroxyl groups is 1. The lowest BCUT2D eigenvalue weighted by molar-refractivity contribution is 0.0702. The summed E-state index contributed by atoms with van der Waals surface area (Å²) in [4.78, 5) is 4.44. The summed E-state index contributed by atoms with van der Waals surface area (Å²) in [5.41, 5.74) is 4.05. The van der Waals surface area contributed by atoms with Gasteiger partial charge in [0.05, 0.1) is 26.4 Å². The molecular weight excluding hydrogens is 340 g/mol. The number of anilines is 1. The molecule has 5 heteroatoms. The Hall–Kier alpha value is -2.89. The van der Waals surface area contributed by atoms with Crippen molar-refractivity contribution in [1.82, 2.24) is 4.98 Å². The van der Waals surface area contributed by atoms with Crippen molar-refractivity contribution in [2.45, 2.75) is 6.92 Å². The lowest BCUT2D eigenvalue weighted by atomic mass is 10.1. The molecule has 0 spiro atoms. The van der Waals surface area contributed by atoms with Gasteiger partial charge in [0.2, 0.25) is 0 Å². The average molecular weight is 364 g/mol. The van der Waals surface area contributed by atoms with Crippen LogP contribution < -0.4 is 5.32 Å². The normalized spacial score (nSPS) is 19.0. The van der Waals surface area contributed by atoms with Gasteiger partial charge in [-0.05, 0) is 47.9 Å². The molecule has 140 valence electrons. The van der Waals surface area contributed by atoms with E-state index in [1.807, 2.05) is 49.5 Å². The number of pyridine rings is 1. The number of allylic oxidation sites excluding steroid dienone is 3. The lowest BCUT2D eigenvalue weighted by Crippen LogP contribution is -2.06. The van der Waals surface area contributed by atoms with Crippen molar-refractivity contribution in [2.24, 2.45) is 0 Å². The van der Waals surface area contributed by atoms with Crippen LogP contribution in [-0.4, -0.2) is 36.5 Å². The van der Waals surface area contributed by atoms with Crippen LogP contribution in [0.5, 0.6) is 5.75 Å². The standard InChI is InChI=1S/C22H24N2O3/c1-17(18-5-3-10-26-12-13-27-11-9-18)15-23-22-8-7-20(16-24-22)19-4-2-6-21(25)14-19/h2-9,14-16,25H,10-13H2,1H3,(H,23,24)/b5-3-,17-15+,18-9+. The van der Waals surface area contributed by atoms with Crippen LogP contribution in [0, 0.1) is 0 Å². The molecule has 1 aromatic carbocycles. The van der Waals surface area contributed by atoms with E-state index < -0.39 is 0 Å². The van der Waals surface area contributed by atoms with Crippen LogP contribution in [0.1, 0.15) is 6.92 Å². The zero-order valence-electron chi connectivity index (χ0n) is 15.4. The van der Waals surface area contributed by atoms with Crippen molar-refractivity contribution >= 4 is 5.82 Å². The van der Waals surface area contributed by atoms with E-state index in [0.717, 1.165) is 28.1 Å². The van der Waals surface area contributed by atoms with E-state index in [2.05, 4.69) is 16.4 Å². The van der Waals surface area contributed by atoms with Crippen molar-refractivity contribution in [1.29, 1.82) is 0 Å². The van der Waals surface area contributed by atoms with E-state index in [4.69, 9.17) is 9.47 Å². The molecule has 5 nitrogen and oxygen atoms in total. The molecule has 0 saturated carbocycles. The third-order valence-electron chi connectivity index (χ3n) is 4.14. The monoisotopic (exact) mass is 364 g/mol. The molecular formula is C22H24N2O3. The maximum atomic E-state index is 9.60. The third kappa shape index (κ3) is 5.81. The van der Waals surface area contributed by atoms with Crippen LogP contribution in [0.4, 0.5) is 5.82 Å². The summed E-state index contributed by atoms with van der Waals surface area (Å²) in [6, 6.07) is 11.0. The summed E-state index contributed by atoms with van der Waals surface area (Å²) < 4.78 is 10.9. The largest absolute Gasteiger partial charge is 0.508 e. The van der Waals surface area contributed by atoms with Gasteiger partial charge < -0.3 is 19.9 Å². The number of nitrogens with one attached hydrogen (secondary N) is 1. The molecule has 0 atom stereocenters. The van der Waals surface area contributed by atoms with Gasteiger partial charge in [-0.3, -0.25) is 0 Å². The SMILES string of the molecule is CC(=C\Nc1ccc(-c2cccc(O)c2)cn1)/C1=C/COCCOC/C=C\1. The maximum Gasteiger partial charge on any atom is 0.129 e. The number of phenols is 1. The minimum Gasteiger partial charge on any atom is -0.508 e. The van der Waals surface area contributed by atoms with E-state index in [9.17, 15) is 5.11 Å². The fourth-order valence-corrected chi connectivity index (χ4v) is 2.64. The highest BCUT2D eigenvalue weighted by atomic mass is 16.5. The number of nitrogens with zero attached hydrogens (tertiary/aromatic N) is 1. The van der Waals surface area contributed by atoms with Crippen molar-refractivity contribution in [2.75, 3.05) is 31.7 Å². The van der Waals surface area contributed by atoms with Gasteiger partial charge in [-0.25, -0.2) is 4.98 Å². The predicted molar refractivity (Wildman–Crippen MR) is 108 cm³/mol. The van der Waals surface area contributed by atoms with Gasteiger partial charge in [-0.15, -0.1) is 0 Å². The van der Waals surface area contributed by atoms with Crippen LogP contribution in [0.15, 0.2) is 78.2 Å². The Labute approximate surface area is 159 Å². The Morgan fingerprint density at radius 2 is 1.96 bits per heavy atom. The maximum absolute atomic E-state index is 9.60. The number of phenolic OH excluding ortho intramolecular Hbond substituents is 1. The number of benzene rings is 1. The summed E-state index contributed by atoms with van der Waals surface area (Å²) in [5.74, 6) is 0.997. The Morgan fingerprint density at radius 1 is 1.11 bits per heavy atom. The van der Waals surface area contributed by atoms with Gasteiger partial charge in [0, 0.05) is 18.0 Å². The first kappa shape index (κ1) is 18.9. The first-order valence-electron chi connectivity index (χ1n) is 8.94. The van der Waals surface area contributed by atoms with Crippen molar-refractivity contribution in [3.63, 3.8) is 0 Å². The molecule has 1 aliphatic rings.